The van der Waals surface area contributed by atoms with Crippen LogP contribution in [0, 0.1) is 0 Å². The number of halogens is 1. The van der Waals surface area contributed by atoms with Crippen LogP contribution in [0.3, 0.4) is 0 Å². The van der Waals surface area contributed by atoms with E-state index in [9.17, 15) is 5.11 Å². The van der Waals surface area contributed by atoms with Crippen molar-refractivity contribution in [2.45, 2.75) is 19.1 Å². The van der Waals surface area contributed by atoms with Crippen molar-refractivity contribution in [3.05, 3.63) is 28.2 Å². The zero-order valence-electron chi connectivity index (χ0n) is 7.37. The minimum atomic E-state index is -0.701. The van der Waals surface area contributed by atoms with E-state index in [2.05, 4.69) is 15.9 Å². The van der Waals surface area contributed by atoms with Crippen molar-refractivity contribution in [2.24, 2.45) is 5.73 Å². The smallest absolute Gasteiger partial charge is 0.0957 e. The van der Waals surface area contributed by atoms with Gasteiger partial charge in [-0.05, 0) is 19.1 Å². The van der Waals surface area contributed by atoms with Gasteiger partial charge < -0.3 is 16.6 Å². The molecule has 0 fully saturated rings. The SMILES string of the molecule is CC(N)C(O)c1ccc(Br)cc1N. The van der Waals surface area contributed by atoms with Gasteiger partial charge in [-0.3, -0.25) is 0 Å². The summed E-state index contributed by atoms with van der Waals surface area (Å²) in [5.74, 6) is 0. The van der Waals surface area contributed by atoms with Crippen molar-refractivity contribution in [1.29, 1.82) is 0 Å². The molecule has 2 atom stereocenters. The molecule has 2 unspecified atom stereocenters. The van der Waals surface area contributed by atoms with E-state index in [0.29, 0.717) is 11.3 Å². The topological polar surface area (TPSA) is 72.3 Å². The molecule has 0 amide bonds. The van der Waals surface area contributed by atoms with Crippen LogP contribution < -0.4 is 11.5 Å². The maximum atomic E-state index is 9.65. The number of benzene rings is 1. The average molecular weight is 245 g/mol. The minimum absolute atomic E-state index is 0.316. The van der Waals surface area contributed by atoms with Gasteiger partial charge in [0, 0.05) is 21.8 Å². The zero-order chi connectivity index (χ0) is 10.0. The molecule has 0 spiro atoms. The zero-order valence-corrected chi connectivity index (χ0v) is 8.95. The van der Waals surface area contributed by atoms with Crippen LogP contribution >= 0.6 is 15.9 Å². The molecule has 1 rings (SSSR count). The van der Waals surface area contributed by atoms with Crippen LogP contribution in [-0.2, 0) is 0 Å². The van der Waals surface area contributed by atoms with Gasteiger partial charge in [0.1, 0.15) is 0 Å². The van der Waals surface area contributed by atoms with E-state index in [1.807, 2.05) is 6.07 Å². The van der Waals surface area contributed by atoms with Crippen molar-refractivity contribution in [3.8, 4) is 0 Å². The number of rotatable bonds is 2. The van der Waals surface area contributed by atoms with E-state index in [0.717, 1.165) is 4.47 Å². The van der Waals surface area contributed by atoms with Crippen LogP contribution in [0.25, 0.3) is 0 Å². The van der Waals surface area contributed by atoms with Gasteiger partial charge in [0.15, 0.2) is 0 Å². The van der Waals surface area contributed by atoms with Gasteiger partial charge in [-0.15, -0.1) is 0 Å². The first-order valence-corrected chi connectivity index (χ1v) is 4.80. The van der Waals surface area contributed by atoms with Crippen molar-refractivity contribution in [3.63, 3.8) is 0 Å². The highest BCUT2D eigenvalue weighted by atomic mass is 79.9. The quantitative estimate of drug-likeness (QED) is 0.690. The summed E-state index contributed by atoms with van der Waals surface area (Å²) >= 11 is 3.29. The van der Waals surface area contributed by atoms with Gasteiger partial charge in [0.25, 0.3) is 0 Å². The fraction of sp³-hybridized carbons (Fsp3) is 0.333. The lowest BCUT2D eigenvalue weighted by atomic mass is 10.0. The number of hydrogen-bond acceptors (Lipinski definition) is 3. The third-order valence-corrected chi connectivity index (χ3v) is 2.36. The van der Waals surface area contributed by atoms with Gasteiger partial charge in [0.2, 0.25) is 0 Å². The Balaban J connectivity index is 3.01. The van der Waals surface area contributed by atoms with E-state index < -0.39 is 6.10 Å². The summed E-state index contributed by atoms with van der Waals surface area (Å²) in [7, 11) is 0. The molecule has 0 bridgehead atoms. The van der Waals surface area contributed by atoms with E-state index in [1.54, 1.807) is 19.1 Å². The molecule has 0 aliphatic rings. The summed E-state index contributed by atoms with van der Waals surface area (Å²) < 4.78 is 0.894. The highest BCUT2D eigenvalue weighted by Crippen LogP contribution is 2.25. The molecule has 0 aliphatic carbocycles. The van der Waals surface area contributed by atoms with Crippen molar-refractivity contribution in [2.75, 3.05) is 5.73 Å². The predicted molar refractivity (Wildman–Crippen MR) is 57.2 cm³/mol. The van der Waals surface area contributed by atoms with Crippen LogP contribution in [0.4, 0.5) is 5.69 Å². The molecule has 0 saturated carbocycles. The van der Waals surface area contributed by atoms with Crippen molar-refractivity contribution in [1.82, 2.24) is 0 Å². The lowest BCUT2D eigenvalue weighted by Gasteiger charge is -2.16. The second kappa shape index (κ2) is 4.09. The third kappa shape index (κ3) is 2.43. The van der Waals surface area contributed by atoms with Crippen LogP contribution in [0.5, 0.6) is 0 Å². The lowest BCUT2D eigenvalue weighted by Crippen LogP contribution is -2.25. The summed E-state index contributed by atoms with van der Waals surface area (Å²) in [5.41, 5.74) is 12.5. The van der Waals surface area contributed by atoms with Crippen molar-refractivity contribution < 1.29 is 5.11 Å². The Morgan fingerprint density at radius 2 is 2.08 bits per heavy atom. The minimum Gasteiger partial charge on any atom is -0.398 e. The highest BCUT2D eigenvalue weighted by Gasteiger charge is 2.14. The summed E-state index contributed by atoms with van der Waals surface area (Å²) in [4.78, 5) is 0. The molecule has 0 heterocycles. The fourth-order valence-corrected chi connectivity index (χ4v) is 1.48. The maximum Gasteiger partial charge on any atom is 0.0957 e. The molecule has 72 valence electrons. The number of aliphatic hydroxyl groups is 1. The van der Waals surface area contributed by atoms with E-state index in [-0.39, 0.29) is 6.04 Å². The third-order valence-electron chi connectivity index (χ3n) is 1.87. The molecular formula is C9H13BrN2O. The van der Waals surface area contributed by atoms with Crippen molar-refractivity contribution >= 4 is 21.6 Å². The van der Waals surface area contributed by atoms with E-state index in [4.69, 9.17) is 11.5 Å². The normalized spacial score (nSPS) is 15.4. The molecule has 1 aromatic rings. The van der Waals surface area contributed by atoms with Crippen LogP contribution in [0.2, 0.25) is 0 Å². The molecule has 4 heteroatoms. The highest BCUT2D eigenvalue weighted by molar-refractivity contribution is 9.10. The number of aliphatic hydroxyl groups excluding tert-OH is 1. The average Bonchev–Trinajstić information content (AvgIpc) is 2.03. The predicted octanol–water partition coefficient (Wildman–Crippen LogP) is 1.41. The molecule has 0 aromatic heterocycles. The first kappa shape index (κ1) is 10.5. The van der Waals surface area contributed by atoms with Crippen LogP contribution in [0.1, 0.15) is 18.6 Å². The standard InChI is InChI=1S/C9H13BrN2O/c1-5(11)9(13)7-3-2-6(10)4-8(7)12/h2-5,9,13H,11-12H2,1H3. The van der Waals surface area contributed by atoms with Crippen LogP contribution in [0.15, 0.2) is 22.7 Å². The number of hydrogen-bond donors (Lipinski definition) is 3. The Morgan fingerprint density at radius 3 is 2.54 bits per heavy atom. The van der Waals surface area contributed by atoms with Crippen LogP contribution in [-0.4, -0.2) is 11.1 Å². The second-order valence-corrected chi connectivity index (χ2v) is 3.99. The van der Waals surface area contributed by atoms with Gasteiger partial charge in [-0.2, -0.15) is 0 Å². The van der Waals surface area contributed by atoms with E-state index in [1.165, 1.54) is 0 Å². The van der Waals surface area contributed by atoms with Gasteiger partial charge in [-0.25, -0.2) is 0 Å². The Morgan fingerprint density at radius 1 is 1.46 bits per heavy atom. The summed E-state index contributed by atoms with van der Waals surface area (Å²) in [6, 6.07) is 5.04. The fourth-order valence-electron chi connectivity index (χ4n) is 1.10. The molecule has 0 aliphatic heterocycles. The first-order valence-electron chi connectivity index (χ1n) is 4.01. The Kier molecular flexibility index (Phi) is 3.30. The van der Waals surface area contributed by atoms with Gasteiger partial charge >= 0.3 is 0 Å². The Labute approximate surface area is 85.9 Å². The second-order valence-electron chi connectivity index (χ2n) is 3.08. The summed E-state index contributed by atoms with van der Waals surface area (Å²) in [5, 5.41) is 9.65. The van der Waals surface area contributed by atoms with Gasteiger partial charge in [0.05, 0.1) is 6.10 Å². The lowest BCUT2D eigenvalue weighted by molar-refractivity contribution is 0.154. The number of nitrogens with two attached hydrogens (primary N) is 2. The molecule has 0 radical (unpaired) electrons. The number of nitrogen functional groups attached to an aromatic ring is 1. The first-order chi connectivity index (χ1) is 6.02. The van der Waals surface area contributed by atoms with Gasteiger partial charge in [-0.1, -0.05) is 22.0 Å². The Bertz CT molecular complexity index is 302. The summed E-state index contributed by atoms with van der Waals surface area (Å²) in [6.07, 6.45) is -0.701. The largest absolute Gasteiger partial charge is 0.398 e. The molecule has 5 N–H and O–H groups in total. The molecule has 3 nitrogen and oxygen atoms in total. The number of anilines is 1. The monoisotopic (exact) mass is 244 g/mol. The molecule has 0 saturated heterocycles. The molecule has 1 aromatic carbocycles. The molecular weight excluding hydrogens is 232 g/mol. The molecule has 13 heavy (non-hydrogen) atoms. The summed E-state index contributed by atoms with van der Waals surface area (Å²) in [6.45, 7) is 1.74. The van der Waals surface area contributed by atoms with E-state index >= 15 is 0 Å². The maximum absolute atomic E-state index is 9.65. The Hall–Kier alpha value is -0.580.